The number of hydrogen-bond donors (Lipinski definition) is 0. The fourth-order valence-corrected chi connectivity index (χ4v) is 0.477. The number of carbonyl (C=O) groups excluding carboxylic acids is 3. The van der Waals surface area contributed by atoms with Gasteiger partial charge in [-0.1, -0.05) is 13.8 Å². The summed E-state index contributed by atoms with van der Waals surface area (Å²) in [6, 6.07) is 0. The first-order chi connectivity index (χ1) is 4.63. The van der Waals surface area contributed by atoms with Crippen LogP contribution < -0.4 is 0 Å². The van der Waals surface area contributed by atoms with Gasteiger partial charge in [-0.05, 0) is 0 Å². The summed E-state index contributed by atoms with van der Waals surface area (Å²) in [5, 5.41) is 0. The number of ketones is 3. The Hall–Kier alpha value is -0.471. The summed E-state index contributed by atoms with van der Waals surface area (Å²) >= 11 is 0. The van der Waals surface area contributed by atoms with E-state index in [9.17, 15) is 14.4 Å². The van der Waals surface area contributed by atoms with Crippen molar-refractivity contribution in [3.63, 3.8) is 0 Å². The van der Waals surface area contributed by atoms with Crippen molar-refractivity contribution in [3.8, 4) is 0 Å². The third-order valence-electron chi connectivity index (χ3n) is 1.15. The number of rotatable bonds is 4. The van der Waals surface area contributed by atoms with E-state index in [0.29, 0.717) is 0 Å². The Labute approximate surface area is 76.0 Å². The van der Waals surface area contributed by atoms with Crippen LogP contribution in [0, 0.1) is 0 Å². The maximum absolute atomic E-state index is 10.6. The van der Waals surface area contributed by atoms with Crippen molar-refractivity contribution in [3.05, 3.63) is 0 Å². The quantitative estimate of drug-likeness (QED) is 0.375. The Bertz CT molecular complexity index is 157. The van der Waals surface area contributed by atoms with Crippen LogP contribution in [0.3, 0.4) is 0 Å². The van der Waals surface area contributed by atoms with Gasteiger partial charge in [0.2, 0.25) is 11.6 Å². The summed E-state index contributed by atoms with van der Waals surface area (Å²) in [5.74, 6) is -2.04. The van der Waals surface area contributed by atoms with Gasteiger partial charge in [0, 0.05) is 12.8 Å². The fourth-order valence-electron chi connectivity index (χ4n) is 0.477. The van der Waals surface area contributed by atoms with E-state index < -0.39 is 17.3 Å². The Balaban J connectivity index is 0. The van der Waals surface area contributed by atoms with Crippen LogP contribution in [-0.2, 0) is 31.5 Å². The van der Waals surface area contributed by atoms with E-state index >= 15 is 0 Å². The largest absolute Gasteiger partial charge is 3.00 e. The van der Waals surface area contributed by atoms with Gasteiger partial charge in [-0.15, -0.1) is 0 Å². The average molecular weight is 198 g/mol. The van der Waals surface area contributed by atoms with E-state index in [0.717, 1.165) is 0 Å². The maximum Gasteiger partial charge on any atom is 3.00 e. The molecule has 0 spiro atoms. The zero-order valence-corrected chi connectivity index (χ0v) is 7.60. The first-order valence-electron chi connectivity index (χ1n) is 3.23. The van der Waals surface area contributed by atoms with Gasteiger partial charge in [0.25, 0.3) is 5.78 Å². The predicted molar refractivity (Wildman–Crippen MR) is 35.6 cm³/mol. The fraction of sp³-hybridized carbons (Fsp3) is 0.571. The van der Waals surface area contributed by atoms with E-state index in [4.69, 9.17) is 0 Å². The minimum Gasteiger partial charge on any atom is -0.290 e. The van der Waals surface area contributed by atoms with Crippen molar-refractivity contribution < 1.29 is 31.5 Å². The SMILES string of the molecule is CCC(=O)C(=O)C(=O)CC.[Fe+3]. The molecule has 11 heavy (non-hydrogen) atoms. The van der Waals surface area contributed by atoms with E-state index in [1.165, 1.54) is 0 Å². The monoisotopic (exact) mass is 198 g/mol. The Morgan fingerprint density at radius 3 is 1.36 bits per heavy atom. The average Bonchev–Trinajstić information content (AvgIpc) is 2.00. The molecular formula is C7H10FeO3+3. The number of carbonyl (C=O) groups is 3. The second-order valence-electron chi connectivity index (χ2n) is 1.88. The second kappa shape index (κ2) is 6.25. The molecule has 0 heterocycles. The molecule has 3 nitrogen and oxygen atoms in total. The van der Waals surface area contributed by atoms with Crippen LogP contribution in [0.25, 0.3) is 0 Å². The van der Waals surface area contributed by atoms with Crippen LogP contribution in [0.15, 0.2) is 0 Å². The predicted octanol–water partition coefficient (Wildman–Crippen LogP) is 0.511. The third-order valence-corrected chi connectivity index (χ3v) is 1.15. The summed E-state index contributed by atoms with van der Waals surface area (Å²) in [6.07, 6.45) is 0.231. The molecule has 0 aromatic rings. The topological polar surface area (TPSA) is 51.2 Å². The molecule has 0 N–H and O–H groups in total. The molecule has 0 aromatic carbocycles. The molecule has 0 fully saturated rings. The van der Waals surface area contributed by atoms with Gasteiger partial charge < -0.3 is 0 Å². The van der Waals surface area contributed by atoms with E-state index in [-0.39, 0.29) is 29.9 Å². The molecule has 0 atom stereocenters. The number of Topliss-reactive ketones (excluding diaryl/α,β-unsaturated/α-hetero) is 3. The minimum absolute atomic E-state index is 0. The molecule has 0 amide bonds. The zero-order chi connectivity index (χ0) is 8.15. The Morgan fingerprint density at radius 2 is 1.18 bits per heavy atom. The Morgan fingerprint density at radius 1 is 0.909 bits per heavy atom. The molecule has 61 valence electrons. The number of hydrogen-bond acceptors (Lipinski definition) is 3. The molecule has 0 aliphatic rings. The molecule has 0 aliphatic heterocycles. The smallest absolute Gasteiger partial charge is 0.290 e. The van der Waals surface area contributed by atoms with Crippen LogP contribution >= 0.6 is 0 Å². The van der Waals surface area contributed by atoms with Crippen LogP contribution in [0.1, 0.15) is 26.7 Å². The van der Waals surface area contributed by atoms with E-state index in [1.807, 2.05) is 0 Å². The van der Waals surface area contributed by atoms with Crippen LogP contribution in [-0.4, -0.2) is 17.3 Å². The summed E-state index contributed by atoms with van der Waals surface area (Å²) < 4.78 is 0. The Kier molecular flexibility index (Phi) is 7.47. The van der Waals surface area contributed by atoms with Gasteiger partial charge in [0.15, 0.2) is 0 Å². The van der Waals surface area contributed by atoms with Crippen LogP contribution in [0.4, 0.5) is 0 Å². The molecule has 0 bridgehead atoms. The summed E-state index contributed by atoms with van der Waals surface area (Å²) in [6.45, 7) is 3.12. The summed E-state index contributed by atoms with van der Waals surface area (Å²) in [5.41, 5.74) is 0. The van der Waals surface area contributed by atoms with Gasteiger partial charge in [0.05, 0.1) is 0 Å². The first kappa shape index (κ1) is 13.1. The van der Waals surface area contributed by atoms with Crippen LogP contribution in [0.2, 0.25) is 0 Å². The van der Waals surface area contributed by atoms with Gasteiger partial charge in [-0.2, -0.15) is 0 Å². The second-order valence-corrected chi connectivity index (χ2v) is 1.88. The summed E-state index contributed by atoms with van der Waals surface area (Å²) in [4.78, 5) is 31.7. The first-order valence-corrected chi connectivity index (χ1v) is 3.23. The third kappa shape index (κ3) is 4.06. The molecule has 4 heteroatoms. The summed E-state index contributed by atoms with van der Waals surface area (Å²) in [7, 11) is 0. The van der Waals surface area contributed by atoms with Crippen molar-refractivity contribution in [2.24, 2.45) is 0 Å². The maximum atomic E-state index is 10.6. The molecule has 0 saturated heterocycles. The van der Waals surface area contributed by atoms with E-state index in [1.54, 1.807) is 13.8 Å². The van der Waals surface area contributed by atoms with Crippen molar-refractivity contribution in [1.82, 2.24) is 0 Å². The van der Waals surface area contributed by atoms with Gasteiger partial charge >= 0.3 is 17.1 Å². The molecule has 0 rings (SSSR count). The standard InChI is InChI=1S/C7H10O3.Fe/c1-3-5(8)7(10)6(9)4-2;/h3-4H2,1-2H3;/q;+3. The van der Waals surface area contributed by atoms with Crippen LogP contribution in [0.5, 0.6) is 0 Å². The van der Waals surface area contributed by atoms with E-state index in [2.05, 4.69) is 0 Å². The molecule has 0 saturated carbocycles. The molecular weight excluding hydrogens is 188 g/mol. The molecule has 1 radical (unpaired) electrons. The van der Waals surface area contributed by atoms with Crippen molar-refractivity contribution >= 4 is 17.3 Å². The normalized spacial score (nSPS) is 8.18. The molecule has 0 aromatic heterocycles. The minimum atomic E-state index is -0.856. The van der Waals surface area contributed by atoms with Crippen molar-refractivity contribution in [2.45, 2.75) is 26.7 Å². The van der Waals surface area contributed by atoms with Crippen molar-refractivity contribution in [1.29, 1.82) is 0 Å². The van der Waals surface area contributed by atoms with Gasteiger partial charge in [-0.3, -0.25) is 14.4 Å². The molecule has 0 unspecified atom stereocenters. The molecule has 0 aliphatic carbocycles. The van der Waals surface area contributed by atoms with Gasteiger partial charge in [-0.25, -0.2) is 0 Å². The zero-order valence-electron chi connectivity index (χ0n) is 6.49. The van der Waals surface area contributed by atoms with Gasteiger partial charge in [0.1, 0.15) is 0 Å². The van der Waals surface area contributed by atoms with Crippen molar-refractivity contribution in [2.75, 3.05) is 0 Å².